The van der Waals surface area contributed by atoms with Gasteiger partial charge in [-0.15, -0.1) is 0 Å². The van der Waals surface area contributed by atoms with Crippen LogP contribution in [-0.2, 0) is 9.59 Å². The van der Waals surface area contributed by atoms with Gasteiger partial charge in [0.15, 0.2) is 0 Å². The molecule has 2 heterocycles. The Morgan fingerprint density at radius 2 is 1.74 bits per heavy atom. The standard InChI is InChI=1S/C18H29N3O2/c22-16(19-15-4-5-15)18(7-3-8-18)17(23)21-11-6-14(13-21)12-20-9-1-2-10-20/h14-15H,1-13H2,(H,19,22)/t14-/m0/s1. The minimum Gasteiger partial charge on any atom is -0.352 e. The molecule has 2 aliphatic heterocycles. The number of nitrogens with zero attached hydrogens (tertiary/aromatic N) is 2. The van der Waals surface area contributed by atoms with Crippen molar-refractivity contribution in [2.45, 2.75) is 57.4 Å². The van der Waals surface area contributed by atoms with E-state index in [0.29, 0.717) is 12.0 Å². The highest BCUT2D eigenvalue weighted by Gasteiger charge is 2.54. The van der Waals surface area contributed by atoms with Crippen molar-refractivity contribution in [2.75, 3.05) is 32.7 Å². The Morgan fingerprint density at radius 1 is 1.00 bits per heavy atom. The molecule has 1 N–H and O–H groups in total. The van der Waals surface area contributed by atoms with Gasteiger partial charge in [-0.05, 0) is 64.0 Å². The molecule has 0 aromatic heterocycles. The molecule has 0 spiro atoms. The van der Waals surface area contributed by atoms with Gasteiger partial charge in [0.2, 0.25) is 11.8 Å². The summed E-state index contributed by atoms with van der Waals surface area (Å²) in [5.74, 6) is 0.728. The lowest BCUT2D eigenvalue weighted by Crippen LogP contribution is -2.56. The molecule has 5 heteroatoms. The van der Waals surface area contributed by atoms with E-state index in [1.54, 1.807) is 0 Å². The highest BCUT2D eigenvalue weighted by atomic mass is 16.2. The monoisotopic (exact) mass is 319 g/mol. The lowest BCUT2D eigenvalue weighted by Gasteiger charge is -2.41. The van der Waals surface area contributed by atoms with Crippen molar-refractivity contribution in [3.63, 3.8) is 0 Å². The van der Waals surface area contributed by atoms with Gasteiger partial charge >= 0.3 is 0 Å². The number of rotatable bonds is 5. The van der Waals surface area contributed by atoms with Crippen LogP contribution >= 0.6 is 0 Å². The third-order valence-electron chi connectivity index (χ3n) is 6.25. The largest absolute Gasteiger partial charge is 0.352 e. The Morgan fingerprint density at radius 3 is 2.35 bits per heavy atom. The van der Waals surface area contributed by atoms with Crippen LogP contribution in [-0.4, -0.2) is 60.4 Å². The third kappa shape index (κ3) is 3.00. The first-order chi connectivity index (χ1) is 11.2. The number of carbonyl (C=O) groups excluding carboxylic acids is 2. The number of likely N-dealkylation sites (tertiary alicyclic amines) is 2. The van der Waals surface area contributed by atoms with E-state index in [0.717, 1.165) is 58.2 Å². The van der Waals surface area contributed by atoms with Gasteiger partial charge in [0.25, 0.3) is 0 Å². The molecule has 1 atom stereocenters. The molecule has 23 heavy (non-hydrogen) atoms. The molecular formula is C18H29N3O2. The van der Waals surface area contributed by atoms with E-state index in [4.69, 9.17) is 0 Å². The van der Waals surface area contributed by atoms with Gasteiger partial charge < -0.3 is 15.1 Å². The van der Waals surface area contributed by atoms with Crippen LogP contribution in [0.25, 0.3) is 0 Å². The topological polar surface area (TPSA) is 52.7 Å². The molecule has 0 radical (unpaired) electrons. The number of hydrogen-bond donors (Lipinski definition) is 1. The normalized spacial score (nSPS) is 30.3. The van der Waals surface area contributed by atoms with Gasteiger partial charge in [0.1, 0.15) is 5.41 Å². The zero-order valence-electron chi connectivity index (χ0n) is 14.1. The average Bonchev–Trinajstić information content (AvgIpc) is 2.99. The maximum atomic E-state index is 13.0. The van der Waals surface area contributed by atoms with Crippen molar-refractivity contribution >= 4 is 11.8 Å². The summed E-state index contributed by atoms with van der Waals surface area (Å²) in [5.41, 5.74) is -0.717. The zero-order chi connectivity index (χ0) is 15.9. The molecule has 2 amide bonds. The lowest BCUT2D eigenvalue weighted by atomic mass is 9.67. The van der Waals surface area contributed by atoms with Crippen LogP contribution < -0.4 is 5.32 Å². The van der Waals surface area contributed by atoms with Crippen LogP contribution in [0.5, 0.6) is 0 Å². The number of hydrogen-bond acceptors (Lipinski definition) is 3. The van der Waals surface area contributed by atoms with E-state index in [1.807, 2.05) is 4.90 Å². The molecule has 4 rings (SSSR count). The van der Waals surface area contributed by atoms with Crippen LogP contribution in [0.1, 0.15) is 51.4 Å². The van der Waals surface area contributed by atoms with Gasteiger partial charge in [-0.3, -0.25) is 9.59 Å². The van der Waals surface area contributed by atoms with Crippen molar-refractivity contribution in [2.24, 2.45) is 11.3 Å². The minimum atomic E-state index is -0.717. The molecule has 0 aromatic rings. The Bertz CT molecular complexity index is 479. The van der Waals surface area contributed by atoms with Crippen LogP contribution in [0.15, 0.2) is 0 Å². The fraction of sp³-hybridized carbons (Fsp3) is 0.889. The van der Waals surface area contributed by atoms with Crippen molar-refractivity contribution in [1.82, 2.24) is 15.1 Å². The molecule has 2 aliphatic carbocycles. The van der Waals surface area contributed by atoms with E-state index in [-0.39, 0.29) is 11.8 Å². The Balaban J connectivity index is 1.35. The predicted octanol–water partition coefficient (Wildman–Crippen LogP) is 1.38. The SMILES string of the molecule is O=C(NC1CC1)C1(C(=O)N2CC[C@@H](CN3CCCC3)C2)CCC1. The first-order valence-corrected chi connectivity index (χ1v) is 9.50. The summed E-state index contributed by atoms with van der Waals surface area (Å²) in [6.45, 7) is 5.27. The fourth-order valence-electron chi connectivity index (χ4n) is 4.42. The highest BCUT2D eigenvalue weighted by Crippen LogP contribution is 2.44. The van der Waals surface area contributed by atoms with Gasteiger partial charge in [-0.2, -0.15) is 0 Å². The van der Waals surface area contributed by atoms with E-state index in [9.17, 15) is 9.59 Å². The number of nitrogens with one attached hydrogen (secondary N) is 1. The lowest BCUT2D eigenvalue weighted by molar-refractivity contribution is -0.156. The molecule has 0 bridgehead atoms. The van der Waals surface area contributed by atoms with E-state index in [2.05, 4.69) is 10.2 Å². The number of carbonyl (C=O) groups is 2. The maximum Gasteiger partial charge on any atom is 0.238 e. The van der Waals surface area contributed by atoms with Gasteiger partial charge in [0.05, 0.1) is 0 Å². The van der Waals surface area contributed by atoms with Crippen LogP contribution in [0.3, 0.4) is 0 Å². The second kappa shape index (κ2) is 6.08. The second-order valence-electron chi connectivity index (χ2n) is 8.10. The zero-order valence-corrected chi connectivity index (χ0v) is 14.1. The molecule has 4 fully saturated rings. The van der Waals surface area contributed by atoms with Crippen molar-refractivity contribution in [3.8, 4) is 0 Å². The maximum absolute atomic E-state index is 13.0. The number of amides is 2. The summed E-state index contributed by atoms with van der Waals surface area (Å²) in [6.07, 6.45) is 8.40. The molecule has 0 aromatic carbocycles. The Labute approximate surface area is 138 Å². The average molecular weight is 319 g/mol. The molecule has 2 saturated carbocycles. The van der Waals surface area contributed by atoms with E-state index >= 15 is 0 Å². The second-order valence-corrected chi connectivity index (χ2v) is 8.10. The highest BCUT2D eigenvalue weighted by molar-refractivity contribution is 6.06. The quantitative estimate of drug-likeness (QED) is 0.779. The minimum absolute atomic E-state index is 0.0132. The first kappa shape index (κ1) is 15.4. The summed E-state index contributed by atoms with van der Waals surface area (Å²) in [5, 5.41) is 3.08. The molecule has 2 saturated heterocycles. The van der Waals surface area contributed by atoms with E-state index < -0.39 is 5.41 Å². The van der Waals surface area contributed by atoms with Crippen LogP contribution in [0.2, 0.25) is 0 Å². The summed E-state index contributed by atoms with van der Waals surface area (Å²) in [4.78, 5) is 30.1. The van der Waals surface area contributed by atoms with Gasteiger partial charge in [0, 0.05) is 25.7 Å². The first-order valence-electron chi connectivity index (χ1n) is 9.50. The fourth-order valence-corrected chi connectivity index (χ4v) is 4.42. The van der Waals surface area contributed by atoms with Crippen LogP contribution in [0, 0.1) is 11.3 Å². The van der Waals surface area contributed by atoms with Gasteiger partial charge in [-0.1, -0.05) is 6.42 Å². The summed E-state index contributed by atoms with van der Waals surface area (Å²) >= 11 is 0. The molecule has 128 valence electrons. The molecule has 5 nitrogen and oxygen atoms in total. The van der Waals surface area contributed by atoms with Gasteiger partial charge in [-0.25, -0.2) is 0 Å². The van der Waals surface area contributed by atoms with Crippen LogP contribution in [0.4, 0.5) is 0 Å². The third-order valence-corrected chi connectivity index (χ3v) is 6.25. The van der Waals surface area contributed by atoms with E-state index in [1.165, 1.54) is 25.9 Å². The van der Waals surface area contributed by atoms with Crippen molar-refractivity contribution < 1.29 is 9.59 Å². The smallest absolute Gasteiger partial charge is 0.238 e. The van der Waals surface area contributed by atoms with Crippen molar-refractivity contribution in [3.05, 3.63) is 0 Å². The summed E-state index contributed by atoms with van der Waals surface area (Å²) in [7, 11) is 0. The summed E-state index contributed by atoms with van der Waals surface area (Å²) in [6, 6.07) is 0.342. The molecule has 4 aliphatic rings. The predicted molar refractivity (Wildman–Crippen MR) is 87.8 cm³/mol. The van der Waals surface area contributed by atoms with Crippen molar-refractivity contribution in [1.29, 1.82) is 0 Å². The molecular weight excluding hydrogens is 290 g/mol. The Kier molecular flexibility index (Phi) is 4.08. The molecule has 0 unspecified atom stereocenters. The Hall–Kier alpha value is -1.10. The summed E-state index contributed by atoms with van der Waals surface area (Å²) < 4.78 is 0.